The Morgan fingerprint density at radius 3 is 2.81 bits per heavy atom. The zero-order valence-corrected chi connectivity index (χ0v) is 13.1. The maximum Gasteiger partial charge on any atom is 0.227 e. The van der Waals surface area contributed by atoms with E-state index in [1.54, 1.807) is 4.90 Å². The molecule has 2 aliphatic rings. The first-order valence-corrected chi connectivity index (χ1v) is 7.68. The zero-order valence-electron chi connectivity index (χ0n) is 13.1. The monoisotopic (exact) mass is 288 g/mol. The van der Waals surface area contributed by atoms with E-state index < -0.39 is 0 Å². The van der Waals surface area contributed by atoms with Crippen molar-refractivity contribution in [3.8, 4) is 0 Å². The highest BCUT2D eigenvalue weighted by Crippen LogP contribution is 2.33. The number of hydrogen-bond acceptors (Lipinski definition) is 3. The molecule has 3 rings (SSSR count). The molecule has 2 aliphatic heterocycles. The summed E-state index contributed by atoms with van der Waals surface area (Å²) >= 11 is 0. The fourth-order valence-corrected chi connectivity index (χ4v) is 3.49. The molecule has 3 atom stereocenters. The molecule has 4 nitrogen and oxygen atoms in total. The van der Waals surface area contributed by atoms with Crippen molar-refractivity contribution in [1.29, 1.82) is 0 Å². The Labute approximate surface area is 126 Å². The Balaban J connectivity index is 1.67. The quantitative estimate of drug-likeness (QED) is 0.848. The van der Waals surface area contributed by atoms with Crippen LogP contribution in [0.1, 0.15) is 17.5 Å². The molecule has 2 bridgehead atoms. The number of nitrogens with zero attached hydrogens (tertiary/aromatic N) is 2. The van der Waals surface area contributed by atoms with Gasteiger partial charge in [-0.25, -0.2) is 0 Å². The Hall–Kier alpha value is -1.39. The van der Waals surface area contributed by atoms with Gasteiger partial charge in [0.05, 0.1) is 18.1 Å². The predicted molar refractivity (Wildman–Crippen MR) is 81.9 cm³/mol. The molecule has 1 aromatic rings. The van der Waals surface area contributed by atoms with Gasteiger partial charge in [-0.05, 0) is 24.5 Å². The molecular formula is C17H24N2O2. The minimum atomic E-state index is 0.0341. The van der Waals surface area contributed by atoms with Gasteiger partial charge >= 0.3 is 0 Å². The topological polar surface area (TPSA) is 32.8 Å². The first kappa shape index (κ1) is 14.5. The molecule has 2 heterocycles. The molecule has 21 heavy (non-hydrogen) atoms. The summed E-state index contributed by atoms with van der Waals surface area (Å²) in [6.07, 6.45) is 1.13. The molecule has 0 radical (unpaired) electrons. The molecule has 2 saturated heterocycles. The van der Waals surface area contributed by atoms with E-state index in [2.05, 4.69) is 36.1 Å². The average Bonchev–Trinajstić information content (AvgIpc) is 2.75. The molecule has 1 amide bonds. The number of carbonyl (C=O) groups is 1. The Morgan fingerprint density at radius 1 is 1.33 bits per heavy atom. The second-order valence-corrected chi connectivity index (χ2v) is 6.49. The van der Waals surface area contributed by atoms with E-state index in [-0.39, 0.29) is 24.0 Å². The molecule has 1 aromatic carbocycles. The number of rotatable bonds is 3. The van der Waals surface area contributed by atoms with Crippen LogP contribution in [0.15, 0.2) is 24.3 Å². The number of aryl methyl sites for hydroxylation is 1. The number of hydrogen-bond donors (Lipinski definition) is 0. The van der Waals surface area contributed by atoms with Gasteiger partial charge in [0.25, 0.3) is 0 Å². The molecular weight excluding hydrogens is 264 g/mol. The van der Waals surface area contributed by atoms with Crippen molar-refractivity contribution in [2.45, 2.75) is 32.1 Å². The van der Waals surface area contributed by atoms with Crippen LogP contribution in [-0.4, -0.2) is 55.1 Å². The van der Waals surface area contributed by atoms with Crippen molar-refractivity contribution in [2.24, 2.45) is 5.92 Å². The molecule has 0 aromatic heterocycles. The lowest BCUT2D eigenvalue weighted by Gasteiger charge is -2.33. The SMILES string of the molecule is Cc1ccccc1CN1C[C@@H]2C[C@@H](C(=O)N(C)C)[C@H](C1)O2. The van der Waals surface area contributed by atoms with Gasteiger partial charge in [-0.15, -0.1) is 0 Å². The van der Waals surface area contributed by atoms with Crippen molar-refractivity contribution in [1.82, 2.24) is 9.80 Å². The van der Waals surface area contributed by atoms with Crippen LogP contribution in [0, 0.1) is 12.8 Å². The van der Waals surface area contributed by atoms with Crippen molar-refractivity contribution in [3.63, 3.8) is 0 Å². The molecule has 114 valence electrons. The van der Waals surface area contributed by atoms with Crippen LogP contribution in [0.3, 0.4) is 0 Å². The number of carbonyl (C=O) groups excluding carboxylic acids is 1. The lowest BCUT2D eigenvalue weighted by Crippen LogP contribution is -2.44. The van der Waals surface area contributed by atoms with E-state index in [0.29, 0.717) is 0 Å². The van der Waals surface area contributed by atoms with Crippen molar-refractivity contribution in [2.75, 3.05) is 27.2 Å². The first-order valence-electron chi connectivity index (χ1n) is 7.68. The predicted octanol–water partition coefficient (Wildman–Crippen LogP) is 1.67. The summed E-state index contributed by atoms with van der Waals surface area (Å²) in [6.45, 7) is 4.89. The number of benzene rings is 1. The van der Waals surface area contributed by atoms with Crippen LogP contribution in [0.5, 0.6) is 0 Å². The molecule has 0 unspecified atom stereocenters. The maximum absolute atomic E-state index is 12.2. The lowest BCUT2D eigenvalue weighted by atomic mass is 9.99. The number of likely N-dealkylation sites (tertiary alicyclic amines) is 1. The minimum absolute atomic E-state index is 0.0341. The van der Waals surface area contributed by atoms with Gasteiger partial charge in [0.15, 0.2) is 0 Å². The second-order valence-electron chi connectivity index (χ2n) is 6.49. The van der Waals surface area contributed by atoms with Crippen LogP contribution in [0.4, 0.5) is 0 Å². The summed E-state index contributed by atoms with van der Waals surface area (Å²) in [4.78, 5) is 16.4. The molecule has 2 fully saturated rings. The molecule has 0 saturated carbocycles. The molecule has 4 heteroatoms. The third kappa shape index (κ3) is 2.97. The van der Waals surface area contributed by atoms with Gasteiger partial charge < -0.3 is 9.64 Å². The Kier molecular flexibility index (Phi) is 4.00. The minimum Gasteiger partial charge on any atom is -0.371 e. The lowest BCUT2D eigenvalue weighted by molar-refractivity contribution is -0.136. The third-order valence-corrected chi connectivity index (χ3v) is 4.65. The van der Waals surface area contributed by atoms with E-state index >= 15 is 0 Å². The summed E-state index contributed by atoms with van der Waals surface area (Å²) < 4.78 is 5.99. The highest BCUT2D eigenvalue weighted by atomic mass is 16.5. The van der Waals surface area contributed by atoms with E-state index in [1.165, 1.54) is 11.1 Å². The van der Waals surface area contributed by atoms with Gasteiger partial charge in [0.1, 0.15) is 0 Å². The van der Waals surface area contributed by atoms with Crippen molar-refractivity contribution in [3.05, 3.63) is 35.4 Å². The number of morpholine rings is 1. The summed E-state index contributed by atoms with van der Waals surface area (Å²) in [5.74, 6) is 0.243. The van der Waals surface area contributed by atoms with E-state index in [4.69, 9.17) is 4.74 Å². The third-order valence-electron chi connectivity index (χ3n) is 4.65. The molecule has 0 spiro atoms. The van der Waals surface area contributed by atoms with Gasteiger partial charge in [-0.3, -0.25) is 9.69 Å². The van der Waals surface area contributed by atoms with Gasteiger partial charge in [-0.1, -0.05) is 24.3 Å². The van der Waals surface area contributed by atoms with Crippen LogP contribution < -0.4 is 0 Å². The standard InChI is InChI=1S/C17H24N2O2/c1-12-6-4-5-7-13(12)9-19-10-14-8-15(16(11-19)21-14)17(20)18(2)3/h4-7,14-16H,8-11H2,1-3H3/t14-,15+,16-/m0/s1. The van der Waals surface area contributed by atoms with Crippen LogP contribution in [0.25, 0.3) is 0 Å². The highest BCUT2D eigenvalue weighted by molar-refractivity contribution is 5.79. The van der Waals surface area contributed by atoms with Crippen molar-refractivity contribution >= 4 is 5.91 Å². The van der Waals surface area contributed by atoms with Crippen molar-refractivity contribution < 1.29 is 9.53 Å². The Bertz CT molecular complexity index is 529. The fourth-order valence-electron chi connectivity index (χ4n) is 3.49. The van der Waals surface area contributed by atoms with Gasteiger partial charge in [0.2, 0.25) is 5.91 Å². The summed E-state index contributed by atoms with van der Waals surface area (Å²) in [5.41, 5.74) is 2.70. The van der Waals surface area contributed by atoms with E-state index in [9.17, 15) is 4.79 Å². The summed E-state index contributed by atoms with van der Waals surface area (Å²) in [6, 6.07) is 8.52. The van der Waals surface area contributed by atoms with Gasteiger partial charge in [0, 0.05) is 33.7 Å². The summed E-state index contributed by atoms with van der Waals surface area (Å²) in [7, 11) is 3.66. The first-order chi connectivity index (χ1) is 10.0. The van der Waals surface area contributed by atoms with Crippen LogP contribution in [0.2, 0.25) is 0 Å². The van der Waals surface area contributed by atoms with Gasteiger partial charge in [-0.2, -0.15) is 0 Å². The number of fused-ring (bicyclic) bond motifs is 2. The number of amides is 1. The maximum atomic E-state index is 12.2. The highest BCUT2D eigenvalue weighted by Gasteiger charge is 2.44. The molecule has 0 N–H and O–H groups in total. The van der Waals surface area contributed by atoms with E-state index in [0.717, 1.165) is 26.1 Å². The largest absolute Gasteiger partial charge is 0.371 e. The Morgan fingerprint density at radius 2 is 2.10 bits per heavy atom. The average molecular weight is 288 g/mol. The molecule has 0 aliphatic carbocycles. The number of ether oxygens (including phenoxy) is 1. The fraction of sp³-hybridized carbons (Fsp3) is 0.588. The smallest absolute Gasteiger partial charge is 0.227 e. The normalized spacial score (nSPS) is 28.6. The second kappa shape index (κ2) is 5.78. The van der Waals surface area contributed by atoms with E-state index in [1.807, 2.05) is 14.1 Å². The summed E-state index contributed by atoms with van der Waals surface area (Å²) in [5, 5.41) is 0. The zero-order chi connectivity index (χ0) is 15.0. The van der Waals surface area contributed by atoms with Crippen LogP contribution in [-0.2, 0) is 16.1 Å². The van der Waals surface area contributed by atoms with Crippen LogP contribution >= 0.6 is 0 Å².